The number of imidazole rings is 1. The van der Waals surface area contributed by atoms with Crippen molar-refractivity contribution in [2.45, 2.75) is 20.4 Å². The second-order valence-corrected chi connectivity index (χ2v) is 6.91. The summed E-state index contributed by atoms with van der Waals surface area (Å²) in [6.45, 7) is 3.39. The predicted molar refractivity (Wildman–Crippen MR) is 70.7 cm³/mol. The Hall–Kier alpha value is -0.710. The van der Waals surface area contributed by atoms with Gasteiger partial charge in [0.1, 0.15) is 0 Å². The van der Waals surface area contributed by atoms with Gasteiger partial charge in [0, 0.05) is 19.2 Å². The van der Waals surface area contributed by atoms with Crippen LogP contribution in [0.5, 0.6) is 0 Å². The van der Waals surface area contributed by atoms with Crippen LogP contribution in [0.15, 0.2) is 0 Å². The number of sulfone groups is 1. The number of nitrogens with zero attached hydrogens (tertiary/aromatic N) is 3. The fourth-order valence-corrected chi connectivity index (χ4v) is 2.93. The number of aromatic nitrogens is 2. The fourth-order valence-electron chi connectivity index (χ4n) is 1.27. The van der Waals surface area contributed by atoms with Crippen LogP contribution in [-0.4, -0.2) is 34.4 Å². The molecular weight excluding hydrogens is 361 g/mol. The van der Waals surface area contributed by atoms with Crippen LogP contribution in [0, 0.1) is 20.7 Å². The lowest BCUT2D eigenvalue weighted by Crippen LogP contribution is -2.16. The number of aryl methyl sites for hydroxylation is 1. The second-order valence-electron chi connectivity index (χ2n) is 3.42. The van der Waals surface area contributed by atoms with Gasteiger partial charge < -0.3 is 10.1 Å². The summed E-state index contributed by atoms with van der Waals surface area (Å²) in [5.74, 6) is 0.261. The zero-order chi connectivity index (χ0) is 13.2. The van der Waals surface area contributed by atoms with E-state index in [2.05, 4.69) is 4.98 Å². The van der Waals surface area contributed by atoms with Crippen molar-refractivity contribution in [3.8, 4) is 0 Å². The molecule has 0 saturated carbocycles. The molecule has 9 heteroatoms. The van der Waals surface area contributed by atoms with Crippen LogP contribution in [0.2, 0.25) is 0 Å². The molecule has 0 fully saturated rings. The van der Waals surface area contributed by atoms with Crippen molar-refractivity contribution in [2.24, 2.45) is 0 Å². The molecule has 0 unspecified atom stereocenters. The molecule has 1 aromatic heterocycles. The zero-order valence-electron chi connectivity index (χ0n) is 9.38. The Kier molecular flexibility index (Phi) is 4.47. The number of rotatable bonds is 5. The Morgan fingerprint density at radius 3 is 2.53 bits per heavy atom. The second kappa shape index (κ2) is 5.29. The third-order valence-electron chi connectivity index (χ3n) is 2.32. The van der Waals surface area contributed by atoms with E-state index in [0.29, 0.717) is 9.53 Å². The molecule has 1 rings (SSSR count). The first-order chi connectivity index (χ1) is 7.78. The molecule has 0 bridgehead atoms. The summed E-state index contributed by atoms with van der Waals surface area (Å²) in [6, 6.07) is 0. The zero-order valence-corrected chi connectivity index (χ0v) is 12.4. The molecule has 1 heterocycles. The van der Waals surface area contributed by atoms with Gasteiger partial charge in [0.15, 0.2) is 13.5 Å². The van der Waals surface area contributed by atoms with Gasteiger partial charge in [-0.3, -0.25) is 4.57 Å². The average Bonchev–Trinajstić information content (AvgIpc) is 2.52. The molecule has 0 spiro atoms. The van der Waals surface area contributed by atoms with Crippen LogP contribution >= 0.6 is 22.6 Å². The smallest absolute Gasteiger partial charge is 0.358 e. The summed E-state index contributed by atoms with van der Waals surface area (Å²) in [5.41, 5.74) is 0. The van der Waals surface area contributed by atoms with Gasteiger partial charge in [-0.2, -0.15) is 0 Å². The largest absolute Gasteiger partial charge is 0.395 e. The standard InChI is InChI=1S/C8H12IN3O4S/c1-3-17(15,16)5-4-11-6(2)10-8(7(11)9)12(13)14/h3-5H2,1-2H3. The predicted octanol–water partition coefficient (Wildman–Crippen LogP) is 1.14. The maximum absolute atomic E-state index is 11.4. The van der Waals surface area contributed by atoms with Gasteiger partial charge in [0.2, 0.25) is 5.82 Å². The molecule has 0 N–H and O–H groups in total. The van der Waals surface area contributed by atoms with Crippen LogP contribution in [0.1, 0.15) is 12.7 Å². The lowest BCUT2D eigenvalue weighted by atomic mass is 10.6. The molecule has 0 atom stereocenters. The molecule has 7 nitrogen and oxygen atoms in total. The Morgan fingerprint density at radius 1 is 1.53 bits per heavy atom. The van der Waals surface area contributed by atoms with Gasteiger partial charge in [-0.05, 0) is 32.5 Å². The highest BCUT2D eigenvalue weighted by molar-refractivity contribution is 14.1. The van der Waals surface area contributed by atoms with Crippen molar-refractivity contribution in [1.82, 2.24) is 9.55 Å². The van der Waals surface area contributed by atoms with E-state index >= 15 is 0 Å². The molecule has 0 radical (unpaired) electrons. The lowest BCUT2D eigenvalue weighted by Gasteiger charge is -2.04. The third kappa shape index (κ3) is 3.37. The number of halogens is 1. The highest BCUT2D eigenvalue weighted by Gasteiger charge is 2.23. The van der Waals surface area contributed by atoms with E-state index in [-0.39, 0.29) is 23.9 Å². The van der Waals surface area contributed by atoms with Gasteiger partial charge in [-0.1, -0.05) is 6.92 Å². The minimum absolute atomic E-state index is 0.0339. The number of nitro groups is 1. The van der Waals surface area contributed by atoms with E-state index in [4.69, 9.17) is 0 Å². The monoisotopic (exact) mass is 373 g/mol. The summed E-state index contributed by atoms with van der Waals surface area (Å²) in [4.78, 5) is 13.9. The summed E-state index contributed by atoms with van der Waals surface area (Å²) in [5, 5.41) is 10.7. The first-order valence-corrected chi connectivity index (χ1v) is 7.76. The molecule has 0 aliphatic carbocycles. The van der Waals surface area contributed by atoms with Gasteiger partial charge in [-0.25, -0.2) is 8.42 Å². The maximum Gasteiger partial charge on any atom is 0.395 e. The minimum atomic E-state index is -3.08. The summed E-state index contributed by atoms with van der Waals surface area (Å²) in [7, 11) is -3.08. The Morgan fingerprint density at radius 2 is 2.12 bits per heavy atom. The molecule has 1 aromatic rings. The molecule has 0 aliphatic rings. The topological polar surface area (TPSA) is 95.1 Å². The molecule has 0 saturated heterocycles. The van der Waals surface area contributed by atoms with Crippen LogP contribution in [0.3, 0.4) is 0 Å². The van der Waals surface area contributed by atoms with Crippen molar-refractivity contribution < 1.29 is 13.3 Å². The number of hydrogen-bond acceptors (Lipinski definition) is 5. The first kappa shape index (κ1) is 14.4. The highest BCUT2D eigenvalue weighted by atomic mass is 127. The van der Waals surface area contributed by atoms with Crippen molar-refractivity contribution in [3.05, 3.63) is 19.6 Å². The third-order valence-corrected chi connectivity index (χ3v) is 5.07. The van der Waals surface area contributed by atoms with Crippen molar-refractivity contribution >= 4 is 38.2 Å². The Labute approximate surface area is 112 Å². The normalized spacial score (nSPS) is 11.7. The first-order valence-electron chi connectivity index (χ1n) is 4.86. The van der Waals surface area contributed by atoms with Gasteiger partial charge in [0.05, 0.1) is 5.75 Å². The fraction of sp³-hybridized carbons (Fsp3) is 0.625. The Bertz CT molecular complexity index is 537. The van der Waals surface area contributed by atoms with E-state index in [9.17, 15) is 18.5 Å². The van der Waals surface area contributed by atoms with Gasteiger partial charge in [-0.15, -0.1) is 0 Å². The van der Waals surface area contributed by atoms with E-state index in [1.807, 2.05) is 0 Å². The van der Waals surface area contributed by atoms with E-state index < -0.39 is 14.8 Å². The van der Waals surface area contributed by atoms with Crippen molar-refractivity contribution in [2.75, 3.05) is 11.5 Å². The molecule has 96 valence electrons. The van der Waals surface area contributed by atoms with E-state index in [1.54, 1.807) is 41.0 Å². The summed E-state index contributed by atoms with van der Waals surface area (Å²) >= 11 is 1.80. The Balaban J connectivity index is 2.97. The average molecular weight is 373 g/mol. The molecule has 0 amide bonds. The van der Waals surface area contributed by atoms with Gasteiger partial charge >= 0.3 is 5.82 Å². The minimum Gasteiger partial charge on any atom is -0.358 e. The van der Waals surface area contributed by atoms with E-state index in [1.165, 1.54) is 0 Å². The SMILES string of the molecule is CCS(=O)(=O)CCn1c(C)nc([N+](=O)[O-])c1I. The van der Waals surface area contributed by atoms with E-state index in [0.717, 1.165) is 0 Å². The van der Waals surface area contributed by atoms with Crippen molar-refractivity contribution in [1.29, 1.82) is 0 Å². The lowest BCUT2D eigenvalue weighted by molar-refractivity contribution is -0.390. The number of hydrogen-bond donors (Lipinski definition) is 0. The molecular formula is C8H12IN3O4S. The highest BCUT2D eigenvalue weighted by Crippen LogP contribution is 2.21. The van der Waals surface area contributed by atoms with Crippen LogP contribution in [0.25, 0.3) is 0 Å². The van der Waals surface area contributed by atoms with Crippen LogP contribution < -0.4 is 0 Å². The molecule has 0 aliphatic heterocycles. The molecule has 17 heavy (non-hydrogen) atoms. The quantitative estimate of drug-likeness (QED) is 0.438. The van der Waals surface area contributed by atoms with Crippen LogP contribution in [0.4, 0.5) is 5.82 Å². The maximum atomic E-state index is 11.4. The summed E-state index contributed by atoms with van der Waals surface area (Å²) < 4.78 is 24.6. The molecule has 0 aromatic carbocycles. The van der Waals surface area contributed by atoms with Crippen molar-refractivity contribution in [3.63, 3.8) is 0 Å². The summed E-state index contributed by atoms with van der Waals surface area (Å²) in [6.07, 6.45) is 0. The van der Waals surface area contributed by atoms with Gasteiger partial charge in [0.25, 0.3) is 0 Å². The van der Waals surface area contributed by atoms with Crippen LogP contribution in [-0.2, 0) is 16.4 Å².